The zero-order valence-electron chi connectivity index (χ0n) is 10.8. The van der Waals surface area contributed by atoms with Gasteiger partial charge in [-0.1, -0.05) is 0 Å². The predicted octanol–water partition coefficient (Wildman–Crippen LogP) is 0.979. The van der Waals surface area contributed by atoms with E-state index < -0.39 is 10.0 Å². The smallest absolute Gasteiger partial charge is 0.243 e. The standard InChI is InChI=1S/C13H17N3O2S/c1-10-7-11(8-14)4-5-13(10)19(17,18)16-6-2-3-12(16)9-15/h4-5,7,12H,2-3,6,9,15H2,1H3. The normalized spacial score (nSPS) is 20.4. The molecule has 1 unspecified atom stereocenters. The van der Waals surface area contributed by atoms with Crippen LogP contribution in [0.3, 0.4) is 0 Å². The number of aryl methyl sites for hydroxylation is 1. The molecule has 0 amide bonds. The molecule has 1 aromatic rings. The van der Waals surface area contributed by atoms with Crippen molar-refractivity contribution in [2.24, 2.45) is 5.73 Å². The highest BCUT2D eigenvalue weighted by Gasteiger charge is 2.35. The highest BCUT2D eigenvalue weighted by Crippen LogP contribution is 2.27. The fourth-order valence-corrected chi connectivity index (χ4v) is 4.41. The summed E-state index contributed by atoms with van der Waals surface area (Å²) in [4.78, 5) is 0.270. The van der Waals surface area contributed by atoms with Crippen molar-refractivity contribution in [1.82, 2.24) is 4.31 Å². The number of nitrogens with two attached hydrogens (primary N) is 1. The minimum absolute atomic E-state index is 0.111. The van der Waals surface area contributed by atoms with Gasteiger partial charge < -0.3 is 5.73 Å². The molecule has 0 spiro atoms. The lowest BCUT2D eigenvalue weighted by Gasteiger charge is -2.23. The molecule has 1 saturated heterocycles. The monoisotopic (exact) mass is 279 g/mol. The van der Waals surface area contributed by atoms with E-state index in [0.29, 0.717) is 24.2 Å². The molecule has 6 heteroatoms. The molecular formula is C13H17N3O2S. The van der Waals surface area contributed by atoms with Crippen LogP contribution in [0, 0.1) is 18.3 Å². The van der Waals surface area contributed by atoms with Crippen molar-refractivity contribution in [2.45, 2.75) is 30.7 Å². The number of sulfonamides is 1. The first-order chi connectivity index (χ1) is 9.00. The van der Waals surface area contributed by atoms with Crippen LogP contribution in [0.25, 0.3) is 0 Å². The molecule has 5 nitrogen and oxygen atoms in total. The van der Waals surface area contributed by atoms with Gasteiger partial charge in [0, 0.05) is 19.1 Å². The number of rotatable bonds is 3. The maximum absolute atomic E-state index is 12.6. The third kappa shape index (κ3) is 2.50. The highest BCUT2D eigenvalue weighted by molar-refractivity contribution is 7.89. The Labute approximate surface area is 113 Å². The molecule has 1 atom stereocenters. The molecule has 102 valence electrons. The Bertz CT molecular complexity index is 619. The third-order valence-corrected chi connectivity index (χ3v) is 5.60. The van der Waals surface area contributed by atoms with Crippen molar-refractivity contribution >= 4 is 10.0 Å². The van der Waals surface area contributed by atoms with Gasteiger partial charge in [-0.2, -0.15) is 9.57 Å². The van der Waals surface area contributed by atoms with E-state index in [1.165, 1.54) is 16.4 Å². The molecule has 1 aliphatic heterocycles. The Morgan fingerprint density at radius 3 is 2.84 bits per heavy atom. The van der Waals surface area contributed by atoms with Crippen LogP contribution in [0.4, 0.5) is 0 Å². The van der Waals surface area contributed by atoms with E-state index in [-0.39, 0.29) is 10.9 Å². The van der Waals surface area contributed by atoms with E-state index in [9.17, 15) is 8.42 Å². The van der Waals surface area contributed by atoms with E-state index in [2.05, 4.69) is 0 Å². The van der Waals surface area contributed by atoms with Crippen LogP contribution in [-0.2, 0) is 10.0 Å². The van der Waals surface area contributed by atoms with Crippen LogP contribution in [0.1, 0.15) is 24.0 Å². The minimum atomic E-state index is -3.51. The molecule has 1 aliphatic rings. The van der Waals surface area contributed by atoms with Gasteiger partial charge in [0.2, 0.25) is 10.0 Å². The number of hydrogen-bond donors (Lipinski definition) is 1. The van der Waals surface area contributed by atoms with Crippen molar-refractivity contribution in [1.29, 1.82) is 5.26 Å². The average molecular weight is 279 g/mol. The highest BCUT2D eigenvalue weighted by atomic mass is 32.2. The molecule has 2 N–H and O–H groups in total. The first-order valence-electron chi connectivity index (χ1n) is 6.23. The minimum Gasteiger partial charge on any atom is -0.329 e. The van der Waals surface area contributed by atoms with Crippen LogP contribution in [-0.4, -0.2) is 31.9 Å². The maximum Gasteiger partial charge on any atom is 0.243 e. The molecule has 0 aliphatic carbocycles. The molecule has 0 radical (unpaired) electrons. The van der Waals surface area contributed by atoms with Crippen LogP contribution in [0.5, 0.6) is 0 Å². The van der Waals surface area contributed by atoms with Gasteiger partial charge in [0.05, 0.1) is 16.5 Å². The number of nitriles is 1. The van der Waals surface area contributed by atoms with Crippen molar-refractivity contribution in [3.05, 3.63) is 29.3 Å². The molecule has 1 heterocycles. The molecule has 2 rings (SSSR count). The second-order valence-electron chi connectivity index (χ2n) is 4.74. The maximum atomic E-state index is 12.6. The summed E-state index contributed by atoms with van der Waals surface area (Å²) in [6.45, 7) is 2.57. The number of benzene rings is 1. The Morgan fingerprint density at radius 1 is 1.53 bits per heavy atom. The Morgan fingerprint density at radius 2 is 2.26 bits per heavy atom. The molecular weight excluding hydrogens is 262 g/mol. The van der Waals surface area contributed by atoms with Crippen LogP contribution in [0.15, 0.2) is 23.1 Å². The van der Waals surface area contributed by atoms with E-state index in [0.717, 1.165) is 12.8 Å². The summed E-state index contributed by atoms with van der Waals surface area (Å²) in [7, 11) is -3.51. The summed E-state index contributed by atoms with van der Waals surface area (Å²) in [5.41, 5.74) is 6.70. The van der Waals surface area contributed by atoms with Crippen molar-refractivity contribution in [2.75, 3.05) is 13.1 Å². The van der Waals surface area contributed by atoms with E-state index in [4.69, 9.17) is 11.0 Å². The molecule has 1 aromatic carbocycles. The largest absolute Gasteiger partial charge is 0.329 e. The van der Waals surface area contributed by atoms with Gasteiger partial charge in [0.15, 0.2) is 0 Å². The van der Waals surface area contributed by atoms with Gasteiger partial charge in [-0.25, -0.2) is 8.42 Å². The SMILES string of the molecule is Cc1cc(C#N)ccc1S(=O)(=O)N1CCCC1CN. The lowest BCUT2D eigenvalue weighted by molar-refractivity contribution is 0.393. The van der Waals surface area contributed by atoms with Gasteiger partial charge in [-0.05, 0) is 43.5 Å². The summed E-state index contributed by atoms with van der Waals surface area (Å²) < 4.78 is 26.7. The molecule has 1 fully saturated rings. The summed E-state index contributed by atoms with van der Waals surface area (Å²) in [5, 5.41) is 8.82. The fraction of sp³-hybridized carbons (Fsp3) is 0.462. The number of hydrogen-bond acceptors (Lipinski definition) is 4. The summed E-state index contributed by atoms with van der Waals surface area (Å²) in [6, 6.07) is 6.54. The van der Waals surface area contributed by atoms with Crippen molar-refractivity contribution in [3.63, 3.8) is 0 Å². The van der Waals surface area contributed by atoms with Crippen molar-refractivity contribution in [3.8, 4) is 6.07 Å². The van der Waals surface area contributed by atoms with Gasteiger partial charge in [-0.3, -0.25) is 0 Å². The Balaban J connectivity index is 2.43. The number of nitrogens with zero attached hydrogens (tertiary/aromatic N) is 2. The molecule has 0 saturated carbocycles. The fourth-order valence-electron chi connectivity index (χ4n) is 2.50. The van der Waals surface area contributed by atoms with E-state index >= 15 is 0 Å². The van der Waals surface area contributed by atoms with Crippen LogP contribution < -0.4 is 5.73 Å². The topological polar surface area (TPSA) is 87.2 Å². The Kier molecular flexibility index (Phi) is 3.90. The second kappa shape index (κ2) is 5.29. The third-order valence-electron chi connectivity index (χ3n) is 3.49. The molecule has 0 aromatic heterocycles. The first-order valence-corrected chi connectivity index (χ1v) is 7.67. The average Bonchev–Trinajstić information content (AvgIpc) is 2.87. The van der Waals surface area contributed by atoms with Crippen LogP contribution in [0.2, 0.25) is 0 Å². The Hall–Kier alpha value is -1.42. The summed E-state index contributed by atoms with van der Waals surface area (Å²) in [6.07, 6.45) is 1.65. The van der Waals surface area contributed by atoms with Gasteiger partial charge in [0.25, 0.3) is 0 Å². The lowest BCUT2D eigenvalue weighted by atomic mass is 10.2. The first kappa shape index (κ1) is 14.0. The lowest BCUT2D eigenvalue weighted by Crippen LogP contribution is -2.40. The molecule has 0 bridgehead atoms. The summed E-state index contributed by atoms with van der Waals surface area (Å²) >= 11 is 0. The summed E-state index contributed by atoms with van der Waals surface area (Å²) in [5.74, 6) is 0. The van der Waals surface area contributed by atoms with Gasteiger partial charge in [0.1, 0.15) is 0 Å². The van der Waals surface area contributed by atoms with E-state index in [1.807, 2.05) is 6.07 Å². The predicted molar refractivity (Wildman–Crippen MR) is 71.9 cm³/mol. The zero-order valence-corrected chi connectivity index (χ0v) is 11.7. The van der Waals surface area contributed by atoms with Gasteiger partial charge in [-0.15, -0.1) is 0 Å². The van der Waals surface area contributed by atoms with E-state index in [1.54, 1.807) is 13.0 Å². The quantitative estimate of drug-likeness (QED) is 0.893. The zero-order chi connectivity index (χ0) is 14.0. The van der Waals surface area contributed by atoms with Crippen molar-refractivity contribution < 1.29 is 8.42 Å². The molecule has 19 heavy (non-hydrogen) atoms. The van der Waals surface area contributed by atoms with Gasteiger partial charge >= 0.3 is 0 Å². The van der Waals surface area contributed by atoms with Crippen LogP contribution >= 0.6 is 0 Å². The second-order valence-corrected chi connectivity index (χ2v) is 6.60.